The van der Waals surface area contributed by atoms with Crippen LogP contribution in [0.15, 0.2) is 0 Å². The fraction of sp³-hybridized carbons (Fsp3) is 0.600. The van der Waals surface area contributed by atoms with Crippen molar-refractivity contribution in [2.45, 2.75) is 6.35 Å². The highest BCUT2D eigenvalue weighted by Crippen LogP contribution is 2.07. The number of carbonyl (C=O) groups is 1. The summed E-state index contributed by atoms with van der Waals surface area (Å²) >= 11 is 4.89. The van der Waals surface area contributed by atoms with Gasteiger partial charge in [0, 0.05) is 14.1 Å². The number of thiocarbonyl (C=S) groups is 1. The van der Waals surface area contributed by atoms with Crippen LogP contribution < -0.4 is 5.43 Å². The van der Waals surface area contributed by atoms with Crippen LogP contribution in [-0.4, -0.2) is 41.9 Å². The third kappa shape index (κ3) is 1.41. The molecule has 0 bridgehead atoms. The topological polar surface area (TPSA) is 44.8 Å². The molecule has 1 heterocycles. The number of nitrogens with one attached hydrogen (secondary N) is 1. The first-order chi connectivity index (χ1) is 5.16. The Labute approximate surface area is 69.9 Å². The molecule has 1 aliphatic rings. The number of hydrogen-bond donors (Lipinski definition) is 1. The Morgan fingerprint density at radius 3 is 2.73 bits per heavy atom. The molecule has 5 nitrogen and oxygen atoms in total. The summed E-state index contributed by atoms with van der Waals surface area (Å²) < 4.78 is 4.72. The van der Waals surface area contributed by atoms with Gasteiger partial charge in [-0.05, 0) is 12.2 Å². The molecule has 0 aromatic rings. The summed E-state index contributed by atoms with van der Waals surface area (Å²) in [5, 5.41) is 2.15. The molecule has 0 radical (unpaired) electrons. The van der Waals surface area contributed by atoms with Crippen LogP contribution in [0.5, 0.6) is 0 Å². The molecule has 1 unspecified atom stereocenters. The molecule has 1 saturated heterocycles. The monoisotopic (exact) mass is 175 g/mol. The number of hydrazine groups is 1. The molecule has 1 aliphatic heterocycles. The summed E-state index contributed by atoms with van der Waals surface area (Å²) in [6, 6.07) is 0. The third-order valence-corrected chi connectivity index (χ3v) is 1.81. The zero-order valence-corrected chi connectivity index (χ0v) is 7.09. The maximum Gasteiger partial charge on any atom is 0.296 e. The predicted octanol–water partition coefficient (Wildman–Crippen LogP) is -0.890. The molecule has 0 aliphatic carbocycles. The zero-order valence-electron chi connectivity index (χ0n) is 6.27. The van der Waals surface area contributed by atoms with E-state index in [1.54, 1.807) is 24.0 Å². The fourth-order valence-corrected chi connectivity index (χ4v) is 1.11. The second-order valence-corrected chi connectivity index (χ2v) is 2.58. The third-order valence-electron chi connectivity index (χ3n) is 1.43. The molecule has 0 saturated carbocycles. The van der Waals surface area contributed by atoms with E-state index in [1.165, 1.54) is 0 Å². The Kier molecular flexibility index (Phi) is 2.25. The first-order valence-electron chi connectivity index (χ1n) is 3.02. The second-order valence-electron chi connectivity index (χ2n) is 2.20. The summed E-state index contributed by atoms with van der Waals surface area (Å²) in [6.07, 6.45) is -0.431. The number of rotatable bonds is 2. The lowest BCUT2D eigenvalue weighted by Crippen LogP contribution is -2.38. The van der Waals surface area contributed by atoms with Gasteiger partial charge in [-0.1, -0.05) is 0 Å². The van der Waals surface area contributed by atoms with E-state index in [-0.39, 0.29) is 0 Å². The van der Waals surface area contributed by atoms with Crippen molar-refractivity contribution in [1.82, 2.24) is 15.3 Å². The first kappa shape index (κ1) is 8.22. The number of ether oxygens (including phenoxy) is 1. The Morgan fingerprint density at radius 2 is 2.36 bits per heavy atom. The highest BCUT2D eigenvalue weighted by molar-refractivity contribution is 7.80. The van der Waals surface area contributed by atoms with Crippen LogP contribution in [0, 0.1) is 0 Å². The van der Waals surface area contributed by atoms with E-state index in [0.29, 0.717) is 11.6 Å². The largest absolute Gasteiger partial charge is 0.428 e. The lowest BCUT2D eigenvalue weighted by atomic mass is 10.8. The first-order valence-corrected chi connectivity index (χ1v) is 3.43. The Morgan fingerprint density at radius 1 is 1.73 bits per heavy atom. The molecule has 11 heavy (non-hydrogen) atoms. The van der Waals surface area contributed by atoms with Crippen molar-refractivity contribution < 1.29 is 9.53 Å². The Hall–Kier alpha value is -0.880. The van der Waals surface area contributed by atoms with Crippen molar-refractivity contribution in [2.24, 2.45) is 0 Å². The standard InChI is InChI=1S/C5H9N3O2S/c1-7-4(11)6-8(2)5(7)10-3-9/h3,5H,1-2H3,(H,6,11). The van der Waals surface area contributed by atoms with Gasteiger partial charge in [0.05, 0.1) is 0 Å². The van der Waals surface area contributed by atoms with Crippen LogP contribution in [0.4, 0.5) is 0 Å². The van der Waals surface area contributed by atoms with E-state index < -0.39 is 6.35 Å². The quantitative estimate of drug-likeness (QED) is 0.434. The summed E-state index contributed by atoms with van der Waals surface area (Å²) in [4.78, 5) is 11.7. The molecular weight excluding hydrogens is 166 g/mol. The van der Waals surface area contributed by atoms with Crippen LogP contribution in [0.3, 0.4) is 0 Å². The second kappa shape index (κ2) is 3.02. The minimum Gasteiger partial charge on any atom is -0.428 e. The summed E-state index contributed by atoms with van der Waals surface area (Å²) in [5.74, 6) is 0. The smallest absolute Gasteiger partial charge is 0.296 e. The molecule has 0 amide bonds. The molecule has 0 spiro atoms. The number of carbonyl (C=O) groups excluding carboxylic acids is 1. The van der Waals surface area contributed by atoms with E-state index in [2.05, 4.69) is 5.43 Å². The molecule has 6 heteroatoms. The lowest BCUT2D eigenvalue weighted by Gasteiger charge is -2.20. The normalized spacial score (nSPS) is 25.1. The minimum atomic E-state index is -0.431. The van der Waals surface area contributed by atoms with Gasteiger partial charge in [0.15, 0.2) is 5.11 Å². The molecule has 1 atom stereocenters. The maximum absolute atomic E-state index is 10.0. The molecule has 62 valence electrons. The molecular formula is C5H9N3O2S. The van der Waals surface area contributed by atoms with Gasteiger partial charge < -0.3 is 9.64 Å². The predicted molar refractivity (Wildman–Crippen MR) is 42.2 cm³/mol. The van der Waals surface area contributed by atoms with Crippen LogP contribution >= 0.6 is 12.2 Å². The van der Waals surface area contributed by atoms with Crippen LogP contribution in [-0.2, 0) is 9.53 Å². The van der Waals surface area contributed by atoms with Crippen LogP contribution in [0.1, 0.15) is 0 Å². The van der Waals surface area contributed by atoms with Crippen molar-refractivity contribution >= 4 is 23.8 Å². The number of nitrogens with zero attached hydrogens (tertiary/aromatic N) is 2. The zero-order chi connectivity index (χ0) is 8.43. The fourth-order valence-electron chi connectivity index (χ4n) is 0.877. The van der Waals surface area contributed by atoms with Gasteiger partial charge in [-0.15, -0.1) is 0 Å². The van der Waals surface area contributed by atoms with Gasteiger partial charge in [0.1, 0.15) is 0 Å². The van der Waals surface area contributed by atoms with Crippen LogP contribution in [0.25, 0.3) is 0 Å². The Balaban J connectivity index is 2.63. The van der Waals surface area contributed by atoms with E-state index in [4.69, 9.17) is 17.0 Å². The summed E-state index contributed by atoms with van der Waals surface area (Å²) in [6.45, 7) is 0.396. The minimum absolute atomic E-state index is 0.396. The summed E-state index contributed by atoms with van der Waals surface area (Å²) in [7, 11) is 3.48. The average Bonchev–Trinajstić information content (AvgIpc) is 2.17. The molecule has 1 N–H and O–H groups in total. The number of hydrogen-bond acceptors (Lipinski definition) is 4. The van der Waals surface area contributed by atoms with Gasteiger partial charge in [0.2, 0.25) is 0 Å². The van der Waals surface area contributed by atoms with E-state index in [9.17, 15) is 4.79 Å². The average molecular weight is 175 g/mol. The van der Waals surface area contributed by atoms with Gasteiger partial charge in [0.25, 0.3) is 12.8 Å². The van der Waals surface area contributed by atoms with Crippen molar-refractivity contribution in [1.29, 1.82) is 0 Å². The van der Waals surface area contributed by atoms with Crippen molar-refractivity contribution in [2.75, 3.05) is 14.1 Å². The molecule has 1 fully saturated rings. The van der Waals surface area contributed by atoms with Crippen molar-refractivity contribution in [3.05, 3.63) is 0 Å². The molecule has 0 aromatic carbocycles. The summed E-state index contributed by atoms with van der Waals surface area (Å²) in [5.41, 5.74) is 2.81. The van der Waals surface area contributed by atoms with Gasteiger partial charge >= 0.3 is 0 Å². The maximum atomic E-state index is 10.0. The van der Waals surface area contributed by atoms with Gasteiger partial charge in [-0.25, -0.2) is 0 Å². The van der Waals surface area contributed by atoms with Gasteiger partial charge in [-0.2, -0.15) is 5.01 Å². The van der Waals surface area contributed by atoms with Crippen LogP contribution in [0.2, 0.25) is 0 Å². The van der Waals surface area contributed by atoms with E-state index >= 15 is 0 Å². The highest BCUT2D eigenvalue weighted by atomic mass is 32.1. The van der Waals surface area contributed by atoms with Crippen molar-refractivity contribution in [3.63, 3.8) is 0 Å². The van der Waals surface area contributed by atoms with Crippen molar-refractivity contribution in [3.8, 4) is 0 Å². The lowest BCUT2D eigenvalue weighted by molar-refractivity contribution is -0.151. The highest BCUT2D eigenvalue weighted by Gasteiger charge is 2.30. The van der Waals surface area contributed by atoms with Gasteiger partial charge in [-0.3, -0.25) is 10.2 Å². The molecule has 1 rings (SSSR count). The Bertz CT molecular complexity index is 187. The molecule has 0 aromatic heterocycles. The van der Waals surface area contributed by atoms with E-state index in [1.807, 2.05) is 0 Å². The SMILES string of the molecule is CN1NC(=S)N(C)C1OC=O. The van der Waals surface area contributed by atoms with E-state index in [0.717, 1.165) is 0 Å².